The van der Waals surface area contributed by atoms with Gasteiger partial charge >= 0.3 is 0 Å². The molecule has 2 aromatic rings. The summed E-state index contributed by atoms with van der Waals surface area (Å²) in [6.07, 6.45) is 0. The number of hydrogen-bond donors (Lipinski definition) is 1. The number of benzene rings is 1. The number of halogens is 2. The molecule has 2 rings (SSSR count). The Kier molecular flexibility index (Phi) is 2.75. The third-order valence-electron chi connectivity index (χ3n) is 2.07. The average Bonchev–Trinajstić information content (AvgIpc) is 2.15. The summed E-state index contributed by atoms with van der Waals surface area (Å²) in [7, 11) is 0. The molecule has 0 amide bonds. The first-order valence-corrected chi connectivity index (χ1v) is 4.97. The molecule has 16 heavy (non-hydrogen) atoms. The molecule has 0 saturated heterocycles. The van der Waals surface area contributed by atoms with E-state index in [1.807, 2.05) is 0 Å². The minimum absolute atomic E-state index is 0.263. The zero-order valence-electron chi connectivity index (χ0n) is 8.42. The number of nitrogens with zero attached hydrogens (tertiary/aromatic N) is 1. The zero-order valence-corrected chi connectivity index (χ0v) is 9.18. The second-order valence-electron chi connectivity index (χ2n) is 3.34. The maximum atomic E-state index is 13.6. The quantitative estimate of drug-likeness (QED) is 0.830. The molecule has 0 aliphatic carbocycles. The number of hydrogen-bond acceptors (Lipinski definition) is 2. The van der Waals surface area contributed by atoms with Gasteiger partial charge in [0.15, 0.2) is 0 Å². The first-order chi connectivity index (χ1) is 7.56. The number of rotatable bonds is 1. The summed E-state index contributed by atoms with van der Waals surface area (Å²) in [6, 6.07) is 5.49. The molecule has 0 aliphatic heterocycles. The summed E-state index contributed by atoms with van der Waals surface area (Å²) in [5.41, 5.74) is 0.255. The van der Waals surface area contributed by atoms with Crippen LogP contribution in [0.15, 0.2) is 29.1 Å². The highest BCUT2D eigenvalue weighted by Gasteiger charge is 2.08. The van der Waals surface area contributed by atoms with E-state index in [0.717, 1.165) is 0 Å². The number of H-pyrrole nitrogens is 1. The van der Waals surface area contributed by atoms with E-state index in [9.17, 15) is 9.18 Å². The van der Waals surface area contributed by atoms with Crippen LogP contribution in [0, 0.1) is 12.7 Å². The Bertz CT molecular complexity index is 595. The van der Waals surface area contributed by atoms with Crippen LogP contribution < -0.4 is 5.56 Å². The molecule has 0 spiro atoms. The lowest BCUT2D eigenvalue weighted by atomic mass is 10.1. The van der Waals surface area contributed by atoms with Crippen LogP contribution in [0.4, 0.5) is 4.39 Å². The van der Waals surface area contributed by atoms with Gasteiger partial charge in [-0.05, 0) is 25.1 Å². The molecule has 0 aliphatic rings. The third-order valence-corrected chi connectivity index (χ3v) is 2.30. The molecular weight excluding hydrogens is 231 g/mol. The predicted molar refractivity (Wildman–Crippen MR) is 60.0 cm³/mol. The molecule has 0 saturated carbocycles. The number of aromatic amines is 1. The SMILES string of the molecule is Cc1nc(-c2ccc(Cl)cc2F)cc(=O)[nH]1. The van der Waals surface area contributed by atoms with Crippen LogP contribution in [0.3, 0.4) is 0 Å². The van der Waals surface area contributed by atoms with E-state index in [1.165, 1.54) is 18.2 Å². The maximum absolute atomic E-state index is 13.6. The first kappa shape index (κ1) is 10.8. The van der Waals surface area contributed by atoms with Crippen molar-refractivity contribution in [1.82, 2.24) is 9.97 Å². The summed E-state index contributed by atoms with van der Waals surface area (Å²) in [4.78, 5) is 17.8. The predicted octanol–water partition coefficient (Wildman–Crippen LogP) is 2.54. The average molecular weight is 239 g/mol. The van der Waals surface area contributed by atoms with Crippen molar-refractivity contribution in [3.05, 3.63) is 51.3 Å². The van der Waals surface area contributed by atoms with E-state index >= 15 is 0 Å². The van der Waals surface area contributed by atoms with Crippen LogP contribution in [-0.2, 0) is 0 Å². The van der Waals surface area contributed by atoms with Crippen LogP contribution in [0.5, 0.6) is 0 Å². The molecule has 0 atom stereocenters. The van der Waals surface area contributed by atoms with Gasteiger partial charge in [0.1, 0.15) is 11.6 Å². The largest absolute Gasteiger partial charge is 0.311 e. The number of aromatic nitrogens is 2. The first-order valence-electron chi connectivity index (χ1n) is 4.59. The lowest BCUT2D eigenvalue weighted by Crippen LogP contribution is -2.08. The molecule has 1 N–H and O–H groups in total. The Morgan fingerprint density at radius 1 is 1.38 bits per heavy atom. The lowest BCUT2D eigenvalue weighted by molar-refractivity contribution is 0.630. The fourth-order valence-electron chi connectivity index (χ4n) is 1.41. The summed E-state index contributed by atoms with van der Waals surface area (Å²) < 4.78 is 13.6. The Morgan fingerprint density at radius 2 is 2.12 bits per heavy atom. The Labute approximate surface area is 95.9 Å². The van der Waals surface area contributed by atoms with Gasteiger partial charge < -0.3 is 4.98 Å². The van der Waals surface area contributed by atoms with E-state index in [1.54, 1.807) is 13.0 Å². The lowest BCUT2D eigenvalue weighted by Gasteiger charge is -2.03. The molecule has 0 bridgehead atoms. The zero-order chi connectivity index (χ0) is 11.7. The molecule has 0 radical (unpaired) electrons. The van der Waals surface area contributed by atoms with Crippen molar-refractivity contribution < 1.29 is 4.39 Å². The van der Waals surface area contributed by atoms with Crippen LogP contribution in [0.2, 0.25) is 5.02 Å². The smallest absolute Gasteiger partial charge is 0.251 e. The van der Waals surface area contributed by atoms with Gasteiger partial charge in [-0.25, -0.2) is 9.37 Å². The maximum Gasteiger partial charge on any atom is 0.251 e. The van der Waals surface area contributed by atoms with Gasteiger partial charge in [0.25, 0.3) is 5.56 Å². The number of aryl methyl sites for hydroxylation is 1. The van der Waals surface area contributed by atoms with Crippen LogP contribution in [0.25, 0.3) is 11.3 Å². The molecule has 1 aromatic carbocycles. The minimum atomic E-state index is -0.495. The van der Waals surface area contributed by atoms with E-state index in [-0.39, 0.29) is 11.1 Å². The normalized spacial score (nSPS) is 10.4. The standard InChI is InChI=1S/C11H8ClFN2O/c1-6-14-10(5-11(16)15-6)8-3-2-7(12)4-9(8)13/h2-5H,1H3,(H,14,15,16). The van der Waals surface area contributed by atoms with Gasteiger partial charge in [-0.15, -0.1) is 0 Å². The fraction of sp³-hybridized carbons (Fsp3) is 0.0909. The minimum Gasteiger partial charge on any atom is -0.311 e. The highest BCUT2D eigenvalue weighted by molar-refractivity contribution is 6.30. The topological polar surface area (TPSA) is 45.8 Å². The number of nitrogens with one attached hydrogen (secondary N) is 1. The van der Waals surface area contributed by atoms with Crippen LogP contribution >= 0.6 is 11.6 Å². The van der Waals surface area contributed by atoms with Gasteiger partial charge in [0, 0.05) is 16.7 Å². The van der Waals surface area contributed by atoms with E-state index in [4.69, 9.17) is 11.6 Å². The monoisotopic (exact) mass is 238 g/mol. The summed E-state index contributed by atoms with van der Waals surface area (Å²) in [5, 5.41) is 0.308. The summed E-state index contributed by atoms with van der Waals surface area (Å²) in [5.74, 6) is -0.0538. The Morgan fingerprint density at radius 3 is 2.75 bits per heavy atom. The van der Waals surface area contributed by atoms with Gasteiger partial charge in [-0.1, -0.05) is 11.6 Å². The van der Waals surface area contributed by atoms with E-state index in [2.05, 4.69) is 9.97 Å². The molecule has 0 unspecified atom stereocenters. The van der Waals surface area contributed by atoms with Crippen LogP contribution in [0.1, 0.15) is 5.82 Å². The van der Waals surface area contributed by atoms with Crippen LogP contribution in [-0.4, -0.2) is 9.97 Å². The van der Waals surface area contributed by atoms with E-state index in [0.29, 0.717) is 16.5 Å². The Balaban J connectivity index is 2.63. The highest BCUT2D eigenvalue weighted by Crippen LogP contribution is 2.22. The van der Waals surface area contributed by atoms with Gasteiger partial charge in [0.2, 0.25) is 0 Å². The molecule has 3 nitrogen and oxygen atoms in total. The van der Waals surface area contributed by atoms with Crippen molar-refractivity contribution in [3.63, 3.8) is 0 Å². The third kappa shape index (κ3) is 2.12. The summed E-state index contributed by atoms with van der Waals surface area (Å²) in [6.45, 7) is 1.64. The fourth-order valence-corrected chi connectivity index (χ4v) is 1.57. The van der Waals surface area contributed by atoms with Crippen molar-refractivity contribution in [2.75, 3.05) is 0 Å². The molecule has 1 aromatic heterocycles. The summed E-state index contributed by atoms with van der Waals surface area (Å²) >= 11 is 5.64. The van der Waals surface area contributed by atoms with Crippen molar-refractivity contribution in [1.29, 1.82) is 0 Å². The van der Waals surface area contributed by atoms with E-state index < -0.39 is 5.82 Å². The Hall–Kier alpha value is -1.68. The van der Waals surface area contributed by atoms with Gasteiger partial charge in [-0.3, -0.25) is 4.79 Å². The van der Waals surface area contributed by atoms with Gasteiger partial charge in [-0.2, -0.15) is 0 Å². The van der Waals surface area contributed by atoms with Crippen molar-refractivity contribution in [3.8, 4) is 11.3 Å². The molecule has 82 valence electrons. The molecule has 1 heterocycles. The van der Waals surface area contributed by atoms with Crippen molar-refractivity contribution in [2.24, 2.45) is 0 Å². The molecule has 5 heteroatoms. The molecular formula is C11H8ClFN2O. The van der Waals surface area contributed by atoms with Crippen molar-refractivity contribution in [2.45, 2.75) is 6.92 Å². The van der Waals surface area contributed by atoms with Crippen molar-refractivity contribution >= 4 is 11.6 Å². The van der Waals surface area contributed by atoms with Gasteiger partial charge in [0.05, 0.1) is 5.69 Å². The molecule has 0 fully saturated rings. The second kappa shape index (κ2) is 4.06. The highest BCUT2D eigenvalue weighted by atomic mass is 35.5. The second-order valence-corrected chi connectivity index (χ2v) is 3.78.